The molecule has 0 saturated carbocycles. The third kappa shape index (κ3) is 4.21. The van der Waals surface area contributed by atoms with Crippen LogP contribution in [0.3, 0.4) is 0 Å². The normalized spacial score (nSPS) is 16.1. The predicted molar refractivity (Wildman–Crippen MR) is 97.1 cm³/mol. The molecule has 1 amide bonds. The van der Waals surface area contributed by atoms with Gasteiger partial charge in [0.25, 0.3) is 0 Å². The number of halogens is 1. The molecule has 0 radical (unpaired) electrons. The fourth-order valence-corrected chi connectivity index (χ4v) is 3.45. The number of H-pyrrole nitrogens is 1. The summed E-state index contributed by atoms with van der Waals surface area (Å²) in [4.78, 5) is 17.8. The van der Waals surface area contributed by atoms with Crippen LogP contribution < -0.4 is 0 Å². The Balaban J connectivity index is 1.62. The number of ether oxygens (including phenoxy) is 1. The fourth-order valence-electron chi connectivity index (χ4n) is 3.45. The van der Waals surface area contributed by atoms with Gasteiger partial charge < -0.3 is 14.6 Å². The van der Waals surface area contributed by atoms with E-state index < -0.39 is 0 Å². The van der Waals surface area contributed by atoms with Gasteiger partial charge in [-0.25, -0.2) is 4.39 Å². The molecule has 1 aliphatic heterocycles. The first-order valence-corrected chi connectivity index (χ1v) is 9.10. The highest BCUT2D eigenvalue weighted by Crippen LogP contribution is 2.25. The first-order valence-electron chi connectivity index (χ1n) is 9.10. The Kier molecular flexibility index (Phi) is 5.42. The number of fused-ring (bicyclic) bond motifs is 1. The number of carbonyl (C=O) groups is 1. The molecule has 5 heteroatoms. The zero-order chi connectivity index (χ0) is 18.0. The van der Waals surface area contributed by atoms with E-state index >= 15 is 0 Å². The Bertz CT molecular complexity index is 745. The van der Waals surface area contributed by atoms with Crippen LogP contribution in [-0.4, -0.2) is 41.6 Å². The minimum atomic E-state index is -0.275. The van der Waals surface area contributed by atoms with E-state index in [4.69, 9.17) is 4.74 Å². The second-order valence-electron chi connectivity index (χ2n) is 7.40. The van der Waals surface area contributed by atoms with Crippen molar-refractivity contribution in [2.75, 3.05) is 19.7 Å². The van der Waals surface area contributed by atoms with Gasteiger partial charge in [-0.2, -0.15) is 0 Å². The van der Waals surface area contributed by atoms with E-state index in [9.17, 15) is 9.18 Å². The maximum absolute atomic E-state index is 13.6. The summed E-state index contributed by atoms with van der Waals surface area (Å²) in [5, 5.41) is 0.806. The van der Waals surface area contributed by atoms with Gasteiger partial charge in [-0.05, 0) is 49.4 Å². The number of aromatic amines is 1. The standard InChI is InChI=1S/C20H27FN2O2/c1-13(2)12-25-16-6-8-23(9-7-16)20(24)11-17-14(3)22-19-5-4-15(21)10-18(17)19/h4-5,10,13,16,22H,6-9,11-12H2,1-3H3. The lowest BCUT2D eigenvalue weighted by Crippen LogP contribution is -2.41. The average Bonchev–Trinajstić information content (AvgIpc) is 2.88. The van der Waals surface area contributed by atoms with E-state index in [2.05, 4.69) is 18.8 Å². The van der Waals surface area contributed by atoms with Crippen molar-refractivity contribution in [3.8, 4) is 0 Å². The minimum absolute atomic E-state index is 0.107. The van der Waals surface area contributed by atoms with Crippen LogP contribution in [0.4, 0.5) is 4.39 Å². The first-order chi connectivity index (χ1) is 11.9. The highest BCUT2D eigenvalue weighted by Gasteiger charge is 2.24. The molecule has 2 heterocycles. The lowest BCUT2D eigenvalue weighted by Gasteiger charge is -2.32. The van der Waals surface area contributed by atoms with Crippen molar-refractivity contribution in [3.05, 3.63) is 35.3 Å². The summed E-state index contributed by atoms with van der Waals surface area (Å²) in [6.45, 7) is 8.47. The van der Waals surface area contributed by atoms with Gasteiger partial charge in [0.15, 0.2) is 0 Å². The van der Waals surface area contributed by atoms with E-state index in [1.807, 2.05) is 11.8 Å². The summed E-state index contributed by atoms with van der Waals surface area (Å²) in [7, 11) is 0. The zero-order valence-electron chi connectivity index (χ0n) is 15.3. The van der Waals surface area contributed by atoms with Crippen LogP contribution >= 0.6 is 0 Å². The molecule has 0 bridgehead atoms. The quantitative estimate of drug-likeness (QED) is 0.894. The van der Waals surface area contributed by atoms with Crippen molar-refractivity contribution in [3.63, 3.8) is 0 Å². The molecule has 0 unspecified atom stereocenters. The van der Waals surface area contributed by atoms with Crippen LogP contribution in [0.1, 0.15) is 37.9 Å². The van der Waals surface area contributed by atoms with Gasteiger partial charge in [-0.15, -0.1) is 0 Å². The molecule has 1 N–H and O–H groups in total. The highest BCUT2D eigenvalue weighted by molar-refractivity contribution is 5.90. The summed E-state index contributed by atoms with van der Waals surface area (Å²) >= 11 is 0. The smallest absolute Gasteiger partial charge is 0.227 e. The SMILES string of the molecule is Cc1[nH]c2ccc(F)cc2c1CC(=O)N1CCC(OCC(C)C)CC1. The highest BCUT2D eigenvalue weighted by atomic mass is 19.1. The number of aromatic nitrogens is 1. The van der Waals surface area contributed by atoms with E-state index in [1.54, 1.807) is 6.07 Å². The lowest BCUT2D eigenvalue weighted by atomic mass is 10.0. The molecule has 0 spiro atoms. The Hall–Kier alpha value is -1.88. The fraction of sp³-hybridized carbons (Fsp3) is 0.550. The van der Waals surface area contributed by atoms with Crippen LogP contribution in [0.2, 0.25) is 0 Å². The maximum atomic E-state index is 13.6. The van der Waals surface area contributed by atoms with E-state index in [1.165, 1.54) is 12.1 Å². The maximum Gasteiger partial charge on any atom is 0.227 e. The zero-order valence-corrected chi connectivity index (χ0v) is 15.3. The molecule has 3 rings (SSSR count). The predicted octanol–water partition coefficient (Wildman–Crippen LogP) is 3.82. The first kappa shape index (κ1) is 17.9. The summed E-state index contributed by atoms with van der Waals surface area (Å²) in [5.74, 6) is 0.365. The summed E-state index contributed by atoms with van der Waals surface area (Å²) in [5.41, 5.74) is 2.71. The Morgan fingerprint density at radius 1 is 1.36 bits per heavy atom. The van der Waals surface area contributed by atoms with Crippen molar-refractivity contribution in [1.29, 1.82) is 0 Å². The number of aryl methyl sites for hydroxylation is 1. The van der Waals surface area contributed by atoms with Crippen molar-refractivity contribution < 1.29 is 13.9 Å². The van der Waals surface area contributed by atoms with Gasteiger partial charge >= 0.3 is 0 Å². The number of nitrogens with zero attached hydrogens (tertiary/aromatic N) is 1. The Labute approximate surface area is 148 Å². The van der Waals surface area contributed by atoms with Crippen LogP contribution in [0.25, 0.3) is 10.9 Å². The van der Waals surface area contributed by atoms with Crippen LogP contribution in [0.15, 0.2) is 18.2 Å². The molecule has 1 aliphatic rings. The van der Waals surface area contributed by atoms with Crippen LogP contribution in [0.5, 0.6) is 0 Å². The van der Waals surface area contributed by atoms with E-state index in [-0.39, 0.29) is 17.8 Å². The van der Waals surface area contributed by atoms with Gasteiger partial charge in [0.05, 0.1) is 12.5 Å². The number of piperidine rings is 1. The van der Waals surface area contributed by atoms with Gasteiger partial charge in [0, 0.05) is 36.3 Å². The molecule has 1 aromatic carbocycles. The van der Waals surface area contributed by atoms with Gasteiger partial charge in [-0.1, -0.05) is 13.8 Å². The van der Waals surface area contributed by atoms with Crippen molar-refractivity contribution in [2.45, 2.75) is 46.1 Å². The molecule has 2 aromatic rings. The number of hydrogen-bond donors (Lipinski definition) is 1. The summed E-state index contributed by atoms with van der Waals surface area (Å²) < 4.78 is 19.5. The average molecular weight is 346 g/mol. The molecular formula is C20H27FN2O2. The third-order valence-corrected chi connectivity index (χ3v) is 4.87. The van der Waals surface area contributed by atoms with Gasteiger partial charge in [-0.3, -0.25) is 4.79 Å². The molecular weight excluding hydrogens is 319 g/mol. The summed E-state index contributed by atoms with van der Waals surface area (Å²) in [6, 6.07) is 4.67. The van der Waals surface area contributed by atoms with E-state index in [0.29, 0.717) is 12.3 Å². The number of benzene rings is 1. The number of nitrogens with one attached hydrogen (secondary N) is 1. The Morgan fingerprint density at radius 3 is 2.76 bits per heavy atom. The van der Waals surface area contributed by atoms with Crippen LogP contribution in [-0.2, 0) is 16.0 Å². The second-order valence-corrected chi connectivity index (χ2v) is 7.40. The Morgan fingerprint density at radius 2 is 2.08 bits per heavy atom. The van der Waals surface area contributed by atoms with Crippen molar-refractivity contribution in [2.24, 2.45) is 5.92 Å². The van der Waals surface area contributed by atoms with E-state index in [0.717, 1.165) is 54.7 Å². The topological polar surface area (TPSA) is 45.3 Å². The number of hydrogen-bond acceptors (Lipinski definition) is 2. The molecule has 1 aromatic heterocycles. The van der Waals surface area contributed by atoms with Crippen LogP contribution in [0, 0.1) is 18.7 Å². The molecule has 4 nitrogen and oxygen atoms in total. The number of amides is 1. The number of likely N-dealkylation sites (tertiary alicyclic amines) is 1. The molecule has 1 fully saturated rings. The minimum Gasteiger partial charge on any atom is -0.378 e. The van der Waals surface area contributed by atoms with Gasteiger partial charge in [0.2, 0.25) is 5.91 Å². The molecule has 0 atom stereocenters. The lowest BCUT2D eigenvalue weighted by molar-refractivity contribution is -0.133. The molecule has 1 saturated heterocycles. The molecule has 136 valence electrons. The second kappa shape index (κ2) is 7.56. The largest absolute Gasteiger partial charge is 0.378 e. The van der Waals surface area contributed by atoms with Gasteiger partial charge in [0.1, 0.15) is 5.82 Å². The summed E-state index contributed by atoms with van der Waals surface area (Å²) in [6.07, 6.45) is 2.35. The molecule has 25 heavy (non-hydrogen) atoms. The number of carbonyl (C=O) groups excluding carboxylic acids is 1. The monoisotopic (exact) mass is 346 g/mol. The number of rotatable bonds is 5. The van der Waals surface area contributed by atoms with Crippen molar-refractivity contribution in [1.82, 2.24) is 9.88 Å². The molecule has 0 aliphatic carbocycles. The van der Waals surface area contributed by atoms with Crippen molar-refractivity contribution >= 4 is 16.8 Å². The third-order valence-electron chi connectivity index (χ3n) is 4.87.